The smallest absolute Gasteiger partial charge is 0.154 e. The molecule has 1 aromatic carbocycles. The molecule has 0 amide bonds. The summed E-state index contributed by atoms with van der Waals surface area (Å²) in [7, 11) is -1.73. The number of hydrogen-bond donors (Lipinski definition) is 1. The van der Waals surface area contributed by atoms with Crippen molar-refractivity contribution in [2.75, 3.05) is 19.5 Å². The molecule has 2 rings (SSSR count). The highest BCUT2D eigenvalue weighted by atomic mass is 79.9. The molecule has 0 radical (unpaired) electrons. The first kappa shape index (κ1) is 16.9. The molecule has 1 fully saturated rings. The Labute approximate surface area is 139 Å². The van der Waals surface area contributed by atoms with Gasteiger partial charge in [0.25, 0.3) is 0 Å². The van der Waals surface area contributed by atoms with Gasteiger partial charge in [0, 0.05) is 23.3 Å². The van der Waals surface area contributed by atoms with Gasteiger partial charge in [0.05, 0.1) is 22.3 Å². The molecular formula is C14H18BrNO3S2. The van der Waals surface area contributed by atoms with Crippen LogP contribution in [0.15, 0.2) is 28.7 Å². The maximum Gasteiger partial charge on any atom is 0.154 e. The molecule has 116 valence electrons. The number of rotatable bonds is 6. The van der Waals surface area contributed by atoms with E-state index >= 15 is 0 Å². The summed E-state index contributed by atoms with van der Waals surface area (Å²) < 4.78 is 31.0. The highest BCUT2D eigenvalue weighted by Gasteiger charge is 2.72. The molecular weight excluding hydrogens is 374 g/mol. The van der Waals surface area contributed by atoms with Crippen LogP contribution in [0, 0.1) is 5.41 Å². The average Bonchev–Trinajstić information content (AvgIpc) is 3.11. The molecule has 0 saturated heterocycles. The first-order valence-electron chi connectivity index (χ1n) is 6.57. The minimum absolute atomic E-state index is 0.0682. The number of thiocarbonyl (C=S) groups is 1. The van der Waals surface area contributed by atoms with Crippen molar-refractivity contribution in [3.05, 3.63) is 34.3 Å². The van der Waals surface area contributed by atoms with Crippen LogP contribution < -0.4 is 5.73 Å². The number of nitrogens with two attached hydrogens (primary N) is 1. The van der Waals surface area contributed by atoms with Crippen LogP contribution >= 0.6 is 28.1 Å². The van der Waals surface area contributed by atoms with Gasteiger partial charge in [-0.2, -0.15) is 0 Å². The quantitative estimate of drug-likeness (QED) is 0.753. The van der Waals surface area contributed by atoms with Crippen LogP contribution in [-0.4, -0.2) is 38.1 Å². The summed E-state index contributed by atoms with van der Waals surface area (Å²) in [4.78, 5) is 0.208. The Balaban J connectivity index is 2.51. The number of benzene rings is 1. The van der Waals surface area contributed by atoms with Gasteiger partial charge in [0.15, 0.2) is 9.84 Å². The van der Waals surface area contributed by atoms with Crippen molar-refractivity contribution in [1.82, 2.24) is 0 Å². The molecule has 21 heavy (non-hydrogen) atoms. The fraction of sp³-hybridized carbons (Fsp3) is 0.500. The predicted molar refractivity (Wildman–Crippen MR) is 91.2 cm³/mol. The molecule has 0 unspecified atom stereocenters. The van der Waals surface area contributed by atoms with Crippen LogP contribution in [0.1, 0.15) is 18.4 Å². The Morgan fingerprint density at radius 3 is 2.43 bits per heavy atom. The van der Waals surface area contributed by atoms with Crippen LogP contribution in [-0.2, 0) is 14.6 Å². The van der Waals surface area contributed by atoms with E-state index in [4.69, 9.17) is 22.7 Å². The lowest BCUT2D eigenvalue weighted by Gasteiger charge is -2.15. The summed E-state index contributed by atoms with van der Waals surface area (Å²) >= 11 is 8.56. The Kier molecular flexibility index (Phi) is 4.78. The Morgan fingerprint density at radius 2 is 2.00 bits per heavy atom. The summed E-state index contributed by atoms with van der Waals surface area (Å²) in [5, 5.41) is -0.603. The van der Waals surface area contributed by atoms with E-state index < -0.39 is 20.5 Å². The van der Waals surface area contributed by atoms with Crippen molar-refractivity contribution in [3.63, 3.8) is 0 Å². The third kappa shape index (κ3) is 2.76. The second kappa shape index (κ2) is 5.95. The number of sulfone groups is 1. The lowest BCUT2D eigenvalue weighted by atomic mass is 10.00. The first-order valence-corrected chi connectivity index (χ1v) is 9.48. The van der Waals surface area contributed by atoms with Crippen LogP contribution in [0.3, 0.4) is 0 Å². The number of methoxy groups -OCH3 is 1. The Hall–Kier alpha value is -0.500. The highest BCUT2D eigenvalue weighted by Crippen LogP contribution is 2.63. The van der Waals surface area contributed by atoms with Crippen molar-refractivity contribution in [2.24, 2.45) is 11.1 Å². The second-order valence-electron chi connectivity index (χ2n) is 5.24. The minimum Gasteiger partial charge on any atom is -0.393 e. The normalized spacial score (nSPS) is 28.3. The standard InChI is InChI=1S/C14H18BrNO3S2/c1-3-21(17,18)12-11(9-4-6-10(15)7-5-9)14(12,8-19-2)13(16)20/h4-7,11-12H,3,8H2,1-2H3,(H2,16,20)/t11-,12+,14-/m1/s1. The summed E-state index contributed by atoms with van der Waals surface area (Å²) in [5.41, 5.74) is 6.02. The molecule has 3 atom stereocenters. The monoisotopic (exact) mass is 391 g/mol. The molecule has 0 spiro atoms. The zero-order chi connectivity index (χ0) is 15.8. The van der Waals surface area contributed by atoms with Gasteiger partial charge in [-0.1, -0.05) is 47.2 Å². The van der Waals surface area contributed by atoms with Crippen molar-refractivity contribution in [2.45, 2.75) is 18.1 Å². The third-order valence-electron chi connectivity index (χ3n) is 4.12. The zero-order valence-electron chi connectivity index (χ0n) is 11.9. The fourth-order valence-electron chi connectivity index (χ4n) is 3.03. The summed E-state index contributed by atoms with van der Waals surface area (Å²) in [6.45, 7) is 1.86. The van der Waals surface area contributed by atoms with Gasteiger partial charge in [-0.15, -0.1) is 0 Å². The van der Waals surface area contributed by atoms with Crippen LogP contribution in [0.5, 0.6) is 0 Å². The Bertz CT molecular complexity index is 645. The molecule has 1 aliphatic carbocycles. The summed E-state index contributed by atoms with van der Waals surface area (Å²) in [6, 6.07) is 7.59. The van der Waals surface area contributed by atoms with Crippen molar-refractivity contribution < 1.29 is 13.2 Å². The van der Waals surface area contributed by atoms with Gasteiger partial charge in [0.1, 0.15) is 0 Å². The average molecular weight is 392 g/mol. The molecule has 0 heterocycles. The van der Waals surface area contributed by atoms with Gasteiger partial charge in [-0.05, 0) is 17.7 Å². The maximum atomic E-state index is 12.4. The number of hydrogen-bond acceptors (Lipinski definition) is 4. The fourth-order valence-corrected chi connectivity index (χ4v) is 5.76. The van der Waals surface area contributed by atoms with Gasteiger partial charge in [-0.25, -0.2) is 8.42 Å². The van der Waals surface area contributed by atoms with Gasteiger partial charge in [-0.3, -0.25) is 0 Å². The number of halogens is 1. The molecule has 2 N–H and O–H groups in total. The topological polar surface area (TPSA) is 69.4 Å². The highest BCUT2D eigenvalue weighted by molar-refractivity contribution is 9.10. The van der Waals surface area contributed by atoms with E-state index in [2.05, 4.69) is 15.9 Å². The molecule has 4 nitrogen and oxygen atoms in total. The van der Waals surface area contributed by atoms with Crippen molar-refractivity contribution >= 4 is 43.0 Å². The van der Waals surface area contributed by atoms with E-state index in [1.807, 2.05) is 24.3 Å². The van der Waals surface area contributed by atoms with Crippen LogP contribution in [0.25, 0.3) is 0 Å². The second-order valence-corrected chi connectivity index (χ2v) is 9.01. The minimum atomic E-state index is -3.27. The first-order chi connectivity index (χ1) is 9.81. The van der Waals surface area contributed by atoms with E-state index in [1.165, 1.54) is 7.11 Å². The summed E-state index contributed by atoms with van der Waals surface area (Å²) in [6.07, 6.45) is 0. The lowest BCUT2D eigenvalue weighted by Crippen LogP contribution is -2.33. The largest absolute Gasteiger partial charge is 0.393 e. The molecule has 0 bridgehead atoms. The lowest BCUT2D eigenvalue weighted by molar-refractivity contribution is 0.166. The van der Waals surface area contributed by atoms with Crippen molar-refractivity contribution in [3.8, 4) is 0 Å². The van der Waals surface area contributed by atoms with E-state index in [0.717, 1.165) is 10.0 Å². The van der Waals surface area contributed by atoms with Crippen LogP contribution in [0.2, 0.25) is 0 Å². The van der Waals surface area contributed by atoms with Gasteiger partial charge >= 0.3 is 0 Å². The molecule has 0 aromatic heterocycles. The van der Waals surface area contributed by atoms with E-state index in [1.54, 1.807) is 6.92 Å². The summed E-state index contributed by atoms with van der Waals surface area (Å²) in [5.74, 6) is -0.174. The molecule has 1 aliphatic rings. The predicted octanol–water partition coefficient (Wildman–Crippen LogP) is 2.27. The van der Waals surface area contributed by atoms with E-state index in [-0.39, 0.29) is 23.3 Å². The van der Waals surface area contributed by atoms with Gasteiger partial charge in [0.2, 0.25) is 0 Å². The van der Waals surface area contributed by atoms with E-state index in [9.17, 15) is 8.42 Å². The SMILES string of the molecule is CCS(=O)(=O)[C@H]1[C@@H](c2ccc(Br)cc2)[C@@]1(COC)C(N)=S. The molecule has 1 aromatic rings. The Morgan fingerprint density at radius 1 is 1.43 bits per heavy atom. The van der Waals surface area contributed by atoms with Crippen LogP contribution in [0.4, 0.5) is 0 Å². The van der Waals surface area contributed by atoms with Gasteiger partial charge < -0.3 is 10.5 Å². The molecule has 1 saturated carbocycles. The molecule has 0 aliphatic heterocycles. The van der Waals surface area contributed by atoms with E-state index in [0.29, 0.717) is 0 Å². The zero-order valence-corrected chi connectivity index (χ0v) is 15.1. The van der Waals surface area contributed by atoms with Crippen molar-refractivity contribution in [1.29, 1.82) is 0 Å². The molecule has 7 heteroatoms. The maximum absolute atomic E-state index is 12.4. The third-order valence-corrected chi connectivity index (χ3v) is 7.30. The number of ether oxygens (including phenoxy) is 1.